The first-order valence-corrected chi connectivity index (χ1v) is 7.10. The first kappa shape index (κ1) is 13.3. The van der Waals surface area contributed by atoms with Crippen LogP contribution in [0.25, 0.3) is 22.0 Å². The van der Waals surface area contributed by atoms with Crippen molar-refractivity contribution in [2.75, 3.05) is 0 Å². The minimum Gasteiger partial charge on any atom is -0.157 e. The van der Waals surface area contributed by atoms with Crippen molar-refractivity contribution in [3.8, 4) is 23.0 Å². The van der Waals surface area contributed by atoms with E-state index in [1.807, 2.05) is 13.0 Å². The van der Waals surface area contributed by atoms with Crippen molar-refractivity contribution < 1.29 is 0 Å². The molecule has 3 rings (SSSR count). The smallest absolute Gasteiger partial charge is 0.0945 e. The van der Waals surface area contributed by atoms with Gasteiger partial charge in [0.25, 0.3) is 0 Å². The van der Waals surface area contributed by atoms with Gasteiger partial charge in [-0.2, -0.15) is 10.2 Å². The number of aryl methyl sites for hydroxylation is 1. The van der Waals surface area contributed by atoms with Gasteiger partial charge in [-0.15, -0.1) is 5.92 Å². The predicted molar refractivity (Wildman–Crippen MR) is 86.9 cm³/mol. The topological polar surface area (TPSA) is 25.8 Å². The van der Waals surface area contributed by atoms with Gasteiger partial charge in [-0.25, -0.2) is 0 Å². The third-order valence-electron chi connectivity index (χ3n) is 3.59. The van der Waals surface area contributed by atoms with E-state index < -0.39 is 0 Å². The van der Waals surface area contributed by atoms with E-state index in [-0.39, 0.29) is 0 Å². The Labute approximate surface area is 124 Å². The molecule has 0 aliphatic rings. The molecule has 0 atom stereocenters. The van der Waals surface area contributed by atoms with Crippen LogP contribution in [-0.2, 0) is 6.42 Å². The van der Waals surface area contributed by atoms with E-state index in [0.29, 0.717) is 0 Å². The lowest BCUT2D eigenvalue weighted by Gasteiger charge is -2.10. The van der Waals surface area contributed by atoms with Crippen LogP contribution < -0.4 is 0 Å². The van der Waals surface area contributed by atoms with E-state index in [2.05, 4.69) is 65.4 Å². The molecule has 0 saturated heterocycles. The molecule has 1 aromatic heterocycles. The minimum absolute atomic E-state index is 0.909. The zero-order valence-electron chi connectivity index (χ0n) is 12.2. The largest absolute Gasteiger partial charge is 0.157 e. The van der Waals surface area contributed by atoms with E-state index in [0.717, 1.165) is 22.9 Å². The Morgan fingerprint density at radius 2 is 1.90 bits per heavy atom. The molecule has 21 heavy (non-hydrogen) atoms. The van der Waals surface area contributed by atoms with Gasteiger partial charge in [-0.1, -0.05) is 43.2 Å². The lowest BCUT2D eigenvalue weighted by molar-refractivity contribution is 1.06. The van der Waals surface area contributed by atoms with Gasteiger partial charge in [-0.05, 0) is 42.2 Å². The van der Waals surface area contributed by atoms with Crippen molar-refractivity contribution in [2.45, 2.75) is 20.3 Å². The molecule has 3 aromatic rings. The van der Waals surface area contributed by atoms with Crippen LogP contribution in [0, 0.1) is 11.8 Å². The number of aromatic nitrogens is 2. The highest BCUT2D eigenvalue weighted by Gasteiger charge is 2.09. The molecule has 102 valence electrons. The maximum absolute atomic E-state index is 4.25. The first-order chi connectivity index (χ1) is 10.3. The quantitative estimate of drug-likeness (QED) is 0.652. The predicted octanol–water partition coefficient (Wildman–Crippen LogP) is 4.23. The molecule has 0 spiro atoms. The summed E-state index contributed by atoms with van der Waals surface area (Å²) in [5.74, 6) is 6.06. The van der Waals surface area contributed by atoms with Crippen molar-refractivity contribution in [3.63, 3.8) is 0 Å². The lowest BCUT2D eigenvalue weighted by Crippen LogP contribution is -1.94. The van der Waals surface area contributed by atoms with Crippen LogP contribution in [0.15, 0.2) is 48.7 Å². The van der Waals surface area contributed by atoms with Crippen LogP contribution in [0.3, 0.4) is 0 Å². The Bertz CT molecular complexity index is 840. The molecule has 0 radical (unpaired) electrons. The number of rotatable bonds is 2. The molecule has 0 aliphatic heterocycles. The Hall–Kier alpha value is -2.66. The molecule has 0 bridgehead atoms. The second-order valence-electron chi connectivity index (χ2n) is 4.88. The van der Waals surface area contributed by atoms with Crippen LogP contribution in [0.1, 0.15) is 25.0 Å². The Morgan fingerprint density at radius 1 is 1.10 bits per heavy atom. The molecule has 2 nitrogen and oxygen atoms in total. The molecular formula is C19H16N2. The fourth-order valence-corrected chi connectivity index (χ4v) is 2.56. The van der Waals surface area contributed by atoms with Crippen molar-refractivity contribution in [3.05, 3.63) is 59.8 Å². The molecule has 0 unspecified atom stereocenters. The average Bonchev–Trinajstić information content (AvgIpc) is 2.55. The Kier molecular flexibility index (Phi) is 3.66. The van der Waals surface area contributed by atoms with Gasteiger partial charge in [0.05, 0.1) is 17.3 Å². The minimum atomic E-state index is 0.909. The molecule has 0 aliphatic carbocycles. The van der Waals surface area contributed by atoms with Crippen LogP contribution in [0.4, 0.5) is 0 Å². The zero-order valence-corrected chi connectivity index (χ0v) is 12.2. The summed E-state index contributed by atoms with van der Waals surface area (Å²) in [6.07, 6.45) is 2.70. The summed E-state index contributed by atoms with van der Waals surface area (Å²) in [6, 6.07) is 14.8. The molecule has 1 heterocycles. The third kappa shape index (κ3) is 2.51. The maximum atomic E-state index is 4.25. The summed E-state index contributed by atoms with van der Waals surface area (Å²) < 4.78 is 0. The fourth-order valence-electron chi connectivity index (χ4n) is 2.56. The summed E-state index contributed by atoms with van der Waals surface area (Å²) >= 11 is 0. The standard InChI is InChI=1S/C19H16N2/c1-3-8-16-13-20-21-19-11-14(4-2)17(12-18(16)19)15-9-6-5-7-10-15/h5-7,9-13H,4H2,1-2H3. The first-order valence-electron chi connectivity index (χ1n) is 7.10. The molecule has 2 heteroatoms. The van der Waals surface area contributed by atoms with E-state index in [1.165, 1.54) is 16.7 Å². The van der Waals surface area contributed by atoms with Gasteiger partial charge in [-0.3, -0.25) is 0 Å². The van der Waals surface area contributed by atoms with Gasteiger partial charge in [0.2, 0.25) is 0 Å². The summed E-state index contributed by atoms with van der Waals surface area (Å²) in [6.45, 7) is 4.00. The highest BCUT2D eigenvalue weighted by molar-refractivity contribution is 5.90. The van der Waals surface area contributed by atoms with Crippen molar-refractivity contribution >= 4 is 10.9 Å². The normalized spacial score (nSPS) is 10.2. The highest BCUT2D eigenvalue weighted by Crippen LogP contribution is 2.29. The summed E-state index contributed by atoms with van der Waals surface area (Å²) in [5.41, 5.74) is 5.60. The summed E-state index contributed by atoms with van der Waals surface area (Å²) in [5, 5.41) is 9.37. The molecule has 0 N–H and O–H groups in total. The molecule has 0 amide bonds. The van der Waals surface area contributed by atoms with Crippen LogP contribution >= 0.6 is 0 Å². The SMILES string of the molecule is CC#Cc1cnnc2cc(CC)c(-c3ccccc3)cc12. The lowest BCUT2D eigenvalue weighted by atomic mass is 9.95. The van der Waals surface area contributed by atoms with Crippen molar-refractivity contribution in [2.24, 2.45) is 0 Å². The van der Waals surface area contributed by atoms with E-state index >= 15 is 0 Å². The van der Waals surface area contributed by atoms with E-state index in [1.54, 1.807) is 6.20 Å². The second kappa shape index (κ2) is 5.76. The molecule has 0 saturated carbocycles. The molecule has 0 fully saturated rings. The average molecular weight is 272 g/mol. The summed E-state index contributed by atoms with van der Waals surface area (Å²) in [4.78, 5) is 0. The number of hydrogen-bond donors (Lipinski definition) is 0. The van der Waals surface area contributed by atoms with Crippen LogP contribution in [-0.4, -0.2) is 10.2 Å². The maximum Gasteiger partial charge on any atom is 0.0945 e. The van der Waals surface area contributed by atoms with E-state index in [4.69, 9.17) is 0 Å². The van der Waals surface area contributed by atoms with Gasteiger partial charge in [0.1, 0.15) is 0 Å². The third-order valence-corrected chi connectivity index (χ3v) is 3.59. The van der Waals surface area contributed by atoms with Crippen molar-refractivity contribution in [1.82, 2.24) is 10.2 Å². The number of benzene rings is 2. The monoisotopic (exact) mass is 272 g/mol. The zero-order chi connectivity index (χ0) is 14.7. The summed E-state index contributed by atoms with van der Waals surface area (Å²) in [7, 11) is 0. The number of hydrogen-bond acceptors (Lipinski definition) is 2. The number of nitrogens with zero attached hydrogens (tertiary/aromatic N) is 2. The van der Waals surface area contributed by atoms with Gasteiger partial charge in [0.15, 0.2) is 0 Å². The fraction of sp³-hybridized carbons (Fsp3) is 0.158. The van der Waals surface area contributed by atoms with Crippen LogP contribution in [0.2, 0.25) is 0 Å². The number of fused-ring (bicyclic) bond motifs is 1. The van der Waals surface area contributed by atoms with Crippen LogP contribution in [0.5, 0.6) is 0 Å². The Balaban J connectivity index is 2.33. The van der Waals surface area contributed by atoms with Gasteiger partial charge < -0.3 is 0 Å². The van der Waals surface area contributed by atoms with Crippen molar-refractivity contribution in [1.29, 1.82) is 0 Å². The van der Waals surface area contributed by atoms with Gasteiger partial charge in [0, 0.05) is 5.39 Å². The highest BCUT2D eigenvalue weighted by atomic mass is 15.1. The second-order valence-corrected chi connectivity index (χ2v) is 4.88. The van der Waals surface area contributed by atoms with Gasteiger partial charge >= 0.3 is 0 Å². The van der Waals surface area contributed by atoms with E-state index in [9.17, 15) is 0 Å². The molecule has 2 aromatic carbocycles. The molecular weight excluding hydrogens is 256 g/mol. The Morgan fingerprint density at radius 3 is 2.62 bits per heavy atom.